The molecular weight excluding hydrogens is 214 g/mol. The SMILES string of the molecule is CC(C)(C)NC(N)=NCCc1cccc(O)c1. The maximum Gasteiger partial charge on any atom is 0.188 e. The quantitative estimate of drug-likeness (QED) is 0.551. The Labute approximate surface area is 103 Å². The molecular formula is C13H21N3O. The fourth-order valence-electron chi connectivity index (χ4n) is 1.44. The molecule has 4 heteroatoms. The van der Waals surface area contributed by atoms with E-state index in [0.717, 1.165) is 12.0 Å². The fourth-order valence-corrected chi connectivity index (χ4v) is 1.44. The van der Waals surface area contributed by atoms with Crippen molar-refractivity contribution in [1.82, 2.24) is 5.32 Å². The molecule has 0 saturated heterocycles. The second kappa shape index (κ2) is 5.57. The van der Waals surface area contributed by atoms with Gasteiger partial charge in [-0.15, -0.1) is 0 Å². The third kappa shape index (κ3) is 5.80. The summed E-state index contributed by atoms with van der Waals surface area (Å²) >= 11 is 0. The van der Waals surface area contributed by atoms with Crippen LogP contribution >= 0.6 is 0 Å². The van der Waals surface area contributed by atoms with E-state index in [1.165, 1.54) is 0 Å². The molecule has 0 aliphatic heterocycles. The molecule has 0 amide bonds. The third-order valence-corrected chi connectivity index (χ3v) is 2.10. The van der Waals surface area contributed by atoms with E-state index in [9.17, 15) is 5.11 Å². The first-order valence-corrected chi connectivity index (χ1v) is 5.73. The lowest BCUT2D eigenvalue weighted by Crippen LogP contribution is -2.45. The minimum absolute atomic E-state index is 0.0708. The van der Waals surface area contributed by atoms with Crippen LogP contribution in [0.2, 0.25) is 0 Å². The number of nitrogens with two attached hydrogens (primary N) is 1. The summed E-state index contributed by atoms with van der Waals surface area (Å²) < 4.78 is 0. The zero-order valence-corrected chi connectivity index (χ0v) is 10.7. The maximum atomic E-state index is 9.30. The highest BCUT2D eigenvalue weighted by Gasteiger charge is 2.09. The lowest BCUT2D eigenvalue weighted by atomic mass is 10.1. The van der Waals surface area contributed by atoms with E-state index in [1.54, 1.807) is 12.1 Å². The number of benzene rings is 1. The molecule has 0 spiro atoms. The molecule has 0 heterocycles. The second-order valence-corrected chi connectivity index (χ2v) is 5.06. The van der Waals surface area contributed by atoms with Crippen LogP contribution in [0.4, 0.5) is 0 Å². The molecule has 94 valence electrons. The van der Waals surface area contributed by atoms with Gasteiger partial charge in [-0.05, 0) is 44.9 Å². The number of rotatable bonds is 3. The molecule has 0 radical (unpaired) electrons. The third-order valence-electron chi connectivity index (χ3n) is 2.10. The summed E-state index contributed by atoms with van der Waals surface area (Å²) in [5.74, 6) is 0.741. The van der Waals surface area contributed by atoms with Crippen molar-refractivity contribution in [3.8, 4) is 5.75 Å². The van der Waals surface area contributed by atoms with Crippen LogP contribution in [0.3, 0.4) is 0 Å². The van der Waals surface area contributed by atoms with Gasteiger partial charge in [-0.1, -0.05) is 12.1 Å². The van der Waals surface area contributed by atoms with Crippen molar-refractivity contribution in [1.29, 1.82) is 0 Å². The Morgan fingerprint density at radius 1 is 1.41 bits per heavy atom. The molecule has 0 aromatic heterocycles. The van der Waals surface area contributed by atoms with Gasteiger partial charge in [0.25, 0.3) is 0 Å². The topological polar surface area (TPSA) is 70.6 Å². The highest BCUT2D eigenvalue weighted by molar-refractivity contribution is 5.78. The Kier molecular flexibility index (Phi) is 4.37. The summed E-state index contributed by atoms with van der Waals surface area (Å²) in [6, 6.07) is 7.18. The van der Waals surface area contributed by atoms with Crippen molar-refractivity contribution < 1.29 is 5.11 Å². The summed E-state index contributed by atoms with van der Waals surface area (Å²) in [4.78, 5) is 4.24. The van der Waals surface area contributed by atoms with Gasteiger partial charge in [0.05, 0.1) is 0 Å². The van der Waals surface area contributed by atoms with Crippen molar-refractivity contribution in [2.24, 2.45) is 10.7 Å². The molecule has 0 saturated carbocycles. The Morgan fingerprint density at radius 2 is 2.12 bits per heavy atom. The standard InChI is InChI=1S/C13H21N3O/c1-13(2,3)16-12(14)15-8-7-10-5-4-6-11(17)9-10/h4-6,9,17H,7-8H2,1-3H3,(H3,14,15,16). The van der Waals surface area contributed by atoms with Gasteiger partial charge in [0.15, 0.2) is 5.96 Å². The van der Waals surface area contributed by atoms with Crippen LogP contribution in [-0.4, -0.2) is 23.1 Å². The van der Waals surface area contributed by atoms with E-state index < -0.39 is 0 Å². The van der Waals surface area contributed by atoms with Gasteiger partial charge >= 0.3 is 0 Å². The van der Waals surface area contributed by atoms with Crippen LogP contribution in [-0.2, 0) is 6.42 Å². The van der Waals surface area contributed by atoms with Gasteiger partial charge in [-0.25, -0.2) is 0 Å². The number of nitrogens with one attached hydrogen (secondary N) is 1. The largest absolute Gasteiger partial charge is 0.508 e. The minimum Gasteiger partial charge on any atom is -0.508 e. The molecule has 1 rings (SSSR count). The van der Waals surface area contributed by atoms with E-state index in [1.807, 2.05) is 32.9 Å². The summed E-state index contributed by atoms with van der Waals surface area (Å²) in [6.07, 6.45) is 0.765. The Balaban J connectivity index is 2.44. The van der Waals surface area contributed by atoms with E-state index in [-0.39, 0.29) is 11.3 Å². The summed E-state index contributed by atoms with van der Waals surface area (Å²) in [7, 11) is 0. The lowest BCUT2D eigenvalue weighted by Gasteiger charge is -2.20. The molecule has 0 unspecified atom stereocenters. The van der Waals surface area contributed by atoms with Crippen molar-refractivity contribution >= 4 is 5.96 Å². The van der Waals surface area contributed by atoms with E-state index in [2.05, 4.69) is 10.3 Å². The van der Waals surface area contributed by atoms with Gasteiger partial charge in [0, 0.05) is 12.1 Å². The number of aliphatic imine (C=N–C) groups is 1. The molecule has 4 nitrogen and oxygen atoms in total. The number of phenolic OH excluding ortho intramolecular Hbond substituents is 1. The molecule has 0 fully saturated rings. The summed E-state index contributed by atoms with van der Waals surface area (Å²) in [5.41, 5.74) is 6.73. The normalized spacial score (nSPS) is 12.5. The first-order chi connectivity index (χ1) is 7.87. The first kappa shape index (κ1) is 13.4. The monoisotopic (exact) mass is 235 g/mol. The number of hydrogen-bond acceptors (Lipinski definition) is 2. The molecule has 4 N–H and O–H groups in total. The number of guanidine groups is 1. The maximum absolute atomic E-state index is 9.30. The molecule has 17 heavy (non-hydrogen) atoms. The van der Waals surface area contributed by atoms with Crippen LogP contribution < -0.4 is 11.1 Å². The summed E-state index contributed by atoms with van der Waals surface area (Å²) in [6.45, 7) is 6.71. The number of aromatic hydroxyl groups is 1. The highest BCUT2D eigenvalue weighted by Crippen LogP contribution is 2.11. The van der Waals surface area contributed by atoms with Crippen molar-refractivity contribution in [2.75, 3.05) is 6.54 Å². The van der Waals surface area contributed by atoms with Crippen LogP contribution in [0, 0.1) is 0 Å². The molecule has 0 aliphatic carbocycles. The Hall–Kier alpha value is -1.71. The first-order valence-electron chi connectivity index (χ1n) is 5.73. The second-order valence-electron chi connectivity index (χ2n) is 5.06. The zero-order valence-electron chi connectivity index (χ0n) is 10.7. The Bertz CT molecular complexity index is 394. The van der Waals surface area contributed by atoms with Gasteiger partial charge in [0.1, 0.15) is 5.75 Å². The van der Waals surface area contributed by atoms with E-state index in [0.29, 0.717) is 12.5 Å². The average molecular weight is 235 g/mol. The molecule has 0 bridgehead atoms. The van der Waals surface area contributed by atoms with E-state index >= 15 is 0 Å². The molecule has 1 aromatic rings. The minimum atomic E-state index is -0.0708. The van der Waals surface area contributed by atoms with Crippen LogP contribution in [0.15, 0.2) is 29.3 Å². The van der Waals surface area contributed by atoms with Crippen LogP contribution in [0.5, 0.6) is 5.75 Å². The molecule has 0 aliphatic rings. The van der Waals surface area contributed by atoms with Crippen molar-refractivity contribution in [2.45, 2.75) is 32.7 Å². The highest BCUT2D eigenvalue weighted by atomic mass is 16.3. The van der Waals surface area contributed by atoms with Gasteiger partial charge in [-0.3, -0.25) is 4.99 Å². The predicted octanol–water partition coefficient (Wildman–Crippen LogP) is 1.64. The molecule has 1 aromatic carbocycles. The van der Waals surface area contributed by atoms with Crippen LogP contribution in [0.25, 0.3) is 0 Å². The Morgan fingerprint density at radius 3 is 2.71 bits per heavy atom. The van der Waals surface area contributed by atoms with Crippen LogP contribution in [0.1, 0.15) is 26.3 Å². The van der Waals surface area contributed by atoms with Gasteiger partial charge in [-0.2, -0.15) is 0 Å². The zero-order chi connectivity index (χ0) is 12.9. The van der Waals surface area contributed by atoms with E-state index in [4.69, 9.17) is 5.73 Å². The van der Waals surface area contributed by atoms with Gasteiger partial charge < -0.3 is 16.2 Å². The fraction of sp³-hybridized carbons (Fsp3) is 0.462. The number of nitrogens with zero attached hydrogens (tertiary/aromatic N) is 1. The number of phenols is 1. The van der Waals surface area contributed by atoms with Gasteiger partial charge in [0.2, 0.25) is 0 Å². The predicted molar refractivity (Wildman–Crippen MR) is 71.2 cm³/mol. The molecule has 0 atom stereocenters. The number of hydrogen-bond donors (Lipinski definition) is 3. The smallest absolute Gasteiger partial charge is 0.188 e. The van der Waals surface area contributed by atoms with Crippen molar-refractivity contribution in [3.63, 3.8) is 0 Å². The lowest BCUT2D eigenvalue weighted by molar-refractivity contribution is 0.474. The average Bonchev–Trinajstić information content (AvgIpc) is 2.14. The summed E-state index contributed by atoms with van der Waals surface area (Å²) in [5, 5.41) is 12.4. The van der Waals surface area contributed by atoms with Crippen molar-refractivity contribution in [3.05, 3.63) is 29.8 Å².